The van der Waals surface area contributed by atoms with Crippen LogP contribution in [0.25, 0.3) is 22.3 Å². The molecule has 0 atom stereocenters. The molecule has 1 N–H and O–H groups in total. The van der Waals surface area contributed by atoms with Gasteiger partial charge in [0, 0.05) is 31.5 Å². The minimum absolute atomic E-state index is 0.714. The second-order valence-electron chi connectivity index (χ2n) is 6.64. The van der Waals surface area contributed by atoms with Gasteiger partial charge >= 0.3 is 0 Å². The third-order valence-electron chi connectivity index (χ3n) is 4.91. The first kappa shape index (κ1) is 18.7. The van der Waals surface area contributed by atoms with Crippen LogP contribution >= 0.6 is 0 Å². The summed E-state index contributed by atoms with van der Waals surface area (Å²) in [5.41, 5.74) is 4.89. The highest BCUT2D eigenvalue weighted by molar-refractivity contribution is 5.81. The number of ether oxygens (including phenoxy) is 2. The summed E-state index contributed by atoms with van der Waals surface area (Å²) in [6, 6.07) is 11.8. The average molecular weight is 389 g/mol. The van der Waals surface area contributed by atoms with Crippen molar-refractivity contribution in [2.75, 3.05) is 26.1 Å². The third kappa shape index (κ3) is 3.85. The van der Waals surface area contributed by atoms with Crippen molar-refractivity contribution in [2.45, 2.75) is 6.42 Å². The number of nitrogens with one attached hydrogen (secondary N) is 1. The molecule has 7 heteroatoms. The summed E-state index contributed by atoms with van der Waals surface area (Å²) in [7, 11) is 5.34. The Kier molecular flexibility index (Phi) is 5.29. The molecule has 3 aromatic heterocycles. The van der Waals surface area contributed by atoms with Gasteiger partial charge in [-0.05, 0) is 48.4 Å². The Morgan fingerprint density at radius 3 is 2.62 bits per heavy atom. The normalized spacial score (nSPS) is 10.9. The molecule has 1 aromatic carbocycles. The summed E-state index contributed by atoms with van der Waals surface area (Å²) in [4.78, 5) is 13.3. The maximum atomic E-state index is 5.46. The lowest BCUT2D eigenvalue weighted by atomic mass is 10.1. The number of fused-ring (bicyclic) bond motifs is 1. The Balaban J connectivity index is 1.52. The van der Waals surface area contributed by atoms with Crippen LogP contribution in [0.4, 0.5) is 5.95 Å². The molecule has 3 heterocycles. The molecule has 0 amide bonds. The largest absolute Gasteiger partial charge is 0.497 e. The van der Waals surface area contributed by atoms with E-state index in [1.54, 1.807) is 32.8 Å². The van der Waals surface area contributed by atoms with Gasteiger partial charge in [-0.2, -0.15) is 0 Å². The number of benzene rings is 1. The number of hydrogen-bond donors (Lipinski definition) is 1. The average Bonchev–Trinajstić information content (AvgIpc) is 3.09. The lowest BCUT2D eigenvalue weighted by Gasteiger charge is -2.11. The molecule has 4 aromatic rings. The van der Waals surface area contributed by atoms with Gasteiger partial charge in [-0.15, -0.1) is 0 Å². The van der Waals surface area contributed by atoms with Crippen molar-refractivity contribution in [1.29, 1.82) is 0 Å². The Bertz CT molecular complexity index is 1120. The van der Waals surface area contributed by atoms with Crippen LogP contribution in [0.3, 0.4) is 0 Å². The lowest BCUT2D eigenvalue weighted by molar-refractivity contribution is 0.399. The van der Waals surface area contributed by atoms with E-state index in [2.05, 4.69) is 20.3 Å². The van der Waals surface area contributed by atoms with Crippen LogP contribution in [0.15, 0.2) is 55.0 Å². The quantitative estimate of drug-likeness (QED) is 0.519. The Morgan fingerprint density at radius 1 is 1.03 bits per heavy atom. The van der Waals surface area contributed by atoms with Crippen LogP contribution in [0.2, 0.25) is 0 Å². The fourth-order valence-electron chi connectivity index (χ4n) is 3.32. The number of imidazole rings is 1. The topological polar surface area (TPSA) is 74.1 Å². The summed E-state index contributed by atoms with van der Waals surface area (Å²) in [6.45, 7) is 0.714. The van der Waals surface area contributed by atoms with Crippen LogP contribution in [-0.4, -0.2) is 40.3 Å². The van der Waals surface area contributed by atoms with Gasteiger partial charge in [-0.25, -0.2) is 4.98 Å². The van der Waals surface area contributed by atoms with Crippen LogP contribution < -0.4 is 14.8 Å². The standard InChI is InChI=1S/C22H23N5O2/c1-27-20-13-18(15-6-9-23-10-7-15)25-14-19(20)26-22(27)24-11-8-16-12-17(28-2)4-5-21(16)29-3/h4-7,9-10,12-14H,8,11H2,1-3H3,(H,24,26). The molecule has 29 heavy (non-hydrogen) atoms. The van der Waals surface area contributed by atoms with Gasteiger partial charge in [0.25, 0.3) is 0 Å². The molecule has 0 unspecified atom stereocenters. The van der Waals surface area contributed by atoms with Crippen molar-refractivity contribution < 1.29 is 9.47 Å². The number of aromatic nitrogens is 4. The number of pyridine rings is 2. The summed E-state index contributed by atoms with van der Waals surface area (Å²) in [6.07, 6.45) is 6.13. The van der Waals surface area contributed by atoms with Crippen molar-refractivity contribution in [2.24, 2.45) is 7.05 Å². The fourth-order valence-corrected chi connectivity index (χ4v) is 3.32. The van der Waals surface area contributed by atoms with E-state index in [-0.39, 0.29) is 0 Å². The number of rotatable bonds is 7. The Morgan fingerprint density at radius 2 is 1.86 bits per heavy atom. The van der Waals surface area contributed by atoms with Gasteiger partial charge in [0.15, 0.2) is 0 Å². The molecule has 0 aliphatic heterocycles. The molecular formula is C22H23N5O2. The summed E-state index contributed by atoms with van der Waals surface area (Å²) < 4.78 is 12.8. The van der Waals surface area contributed by atoms with Crippen LogP contribution in [0.1, 0.15) is 5.56 Å². The molecule has 0 spiro atoms. The zero-order valence-electron chi connectivity index (χ0n) is 16.7. The number of anilines is 1. The first-order valence-electron chi connectivity index (χ1n) is 9.37. The minimum atomic E-state index is 0.714. The molecule has 7 nitrogen and oxygen atoms in total. The van der Waals surface area contributed by atoms with Gasteiger partial charge in [0.2, 0.25) is 5.95 Å². The smallest absolute Gasteiger partial charge is 0.203 e. The molecule has 0 saturated carbocycles. The zero-order valence-corrected chi connectivity index (χ0v) is 16.7. The van der Waals surface area contributed by atoms with E-state index in [9.17, 15) is 0 Å². The lowest BCUT2D eigenvalue weighted by Crippen LogP contribution is -2.09. The highest BCUT2D eigenvalue weighted by Gasteiger charge is 2.11. The summed E-state index contributed by atoms with van der Waals surface area (Å²) in [5, 5.41) is 3.42. The van der Waals surface area contributed by atoms with Crippen molar-refractivity contribution in [3.05, 3.63) is 60.6 Å². The van der Waals surface area contributed by atoms with Gasteiger partial charge in [0.1, 0.15) is 17.0 Å². The Labute approximate surface area is 169 Å². The first-order chi connectivity index (χ1) is 14.2. The molecule has 0 aliphatic rings. The van der Waals surface area contributed by atoms with Crippen molar-refractivity contribution in [3.63, 3.8) is 0 Å². The molecule has 0 fully saturated rings. The third-order valence-corrected chi connectivity index (χ3v) is 4.91. The number of aryl methyl sites for hydroxylation is 1. The highest BCUT2D eigenvalue weighted by atomic mass is 16.5. The minimum Gasteiger partial charge on any atom is -0.497 e. The van der Waals surface area contributed by atoms with Crippen LogP contribution in [0.5, 0.6) is 11.5 Å². The summed E-state index contributed by atoms with van der Waals surface area (Å²) in [5.74, 6) is 2.47. The maximum Gasteiger partial charge on any atom is 0.203 e. The molecule has 0 saturated heterocycles. The fraction of sp³-hybridized carbons (Fsp3) is 0.227. The SMILES string of the molecule is COc1ccc(OC)c(CCNc2nc3cnc(-c4ccncc4)cc3n2C)c1. The second-order valence-corrected chi connectivity index (χ2v) is 6.64. The van der Waals surface area contributed by atoms with Crippen molar-refractivity contribution in [1.82, 2.24) is 19.5 Å². The predicted octanol–water partition coefficient (Wildman–Crippen LogP) is 3.70. The van der Waals surface area contributed by atoms with E-state index < -0.39 is 0 Å². The molecule has 4 rings (SSSR count). The van der Waals surface area contributed by atoms with Gasteiger partial charge in [-0.3, -0.25) is 9.97 Å². The van der Waals surface area contributed by atoms with Gasteiger partial charge in [-0.1, -0.05) is 0 Å². The molecule has 0 aliphatic carbocycles. The number of hydrogen-bond acceptors (Lipinski definition) is 6. The molecule has 0 radical (unpaired) electrons. The number of nitrogens with zero attached hydrogens (tertiary/aromatic N) is 4. The van der Waals surface area contributed by atoms with E-state index in [1.165, 1.54) is 0 Å². The van der Waals surface area contributed by atoms with Crippen molar-refractivity contribution >= 4 is 17.0 Å². The predicted molar refractivity (Wildman–Crippen MR) is 113 cm³/mol. The van der Waals surface area contributed by atoms with E-state index in [0.717, 1.165) is 51.7 Å². The molecule has 148 valence electrons. The van der Waals surface area contributed by atoms with Crippen LogP contribution in [-0.2, 0) is 13.5 Å². The molecule has 0 bridgehead atoms. The van der Waals surface area contributed by atoms with Crippen molar-refractivity contribution in [3.8, 4) is 22.8 Å². The zero-order chi connectivity index (χ0) is 20.2. The Hall–Kier alpha value is -3.61. The maximum absolute atomic E-state index is 5.46. The highest BCUT2D eigenvalue weighted by Crippen LogP contribution is 2.26. The first-order valence-corrected chi connectivity index (χ1v) is 9.37. The van der Waals surface area contributed by atoms with Gasteiger partial charge in [0.05, 0.1) is 31.6 Å². The summed E-state index contributed by atoms with van der Waals surface area (Å²) >= 11 is 0. The van der Waals surface area contributed by atoms with E-state index in [4.69, 9.17) is 9.47 Å². The van der Waals surface area contributed by atoms with E-state index >= 15 is 0 Å². The van der Waals surface area contributed by atoms with E-state index in [0.29, 0.717) is 6.54 Å². The molecular weight excluding hydrogens is 366 g/mol. The van der Waals surface area contributed by atoms with E-state index in [1.807, 2.05) is 48.0 Å². The van der Waals surface area contributed by atoms with Crippen LogP contribution in [0, 0.1) is 0 Å². The second kappa shape index (κ2) is 8.18. The number of methoxy groups -OCH3 is 2. The monoisotopic (exact) mass is 389 g/mol. The van der Waals surface area contributed by atoms with Gasteiger partial charge < -0.3 is 19.4 Å².